The summed E-state index contributed by atoms with van der Waals surface area (Å²) in [4.78, 5) is 12.7. The highest BCUT2D eigenvalue weighted by atomic mass is 16.5. The van der Waals surface area contributed by atoms with Crippen LogP contribution in [0.3, 0.4) is 0 Å². The van der Waals surface area contributed by atoms with Crippen molar-refractivity contribution in [3.8, 4) is 11.5 Å². The third-order valence-corrected chi connectivity index (χ3v) is 5.67. The van der Waals surface area contributed by atoms with Crippen LogP contribution in [0.5, 0.6) is 11.5 Å². The Morgan fingerprint density at radius 1 is 1.10 bits per heavy atom. The molecule has 1 aliphatic heterocycles. The van der Waals surface area contributed by atoms with E-state index in [-0.39, 0.29) is 17.5 Å². The highest BCUT2D eigenvalue weighted by Crippen LogP contribution is 2.34. The largest absolute Gasteiger partial charge is 0.497 e. The molecule has 156 valence electrons. The first-order valence-electron chi connectivity index (χ1n) is 9.97. The van der Waals surface area contributed by atoms with Crippen LogP contribution >= 0.6 is 0 Å². The molecule has 6 heteroatoms. The zero-order valence-corrected chi connectivity index (χ0v) is 17.4. The number of rotatable bonds is 7. The average Bonchev–Trinajstić information content (AvgIpc) is 2.78. The van der Waals surface area contributed by atoms with E-state index in [0.717, 1.165) is 24.2 Å². The van der Waals surface area contributed by atoms with Crippen LogP contribution in [0, 0.1) is 0 Å². The molecule has 0 spiro atoms. The molecule has 2 aromatic rings. The third kappa shape index (κ3) is 5.01. The molecule has 0 bridgehead atoms. The highest BCUT2D eigenvalue weighted by molar-refractivity contribution is 5.74. The first kappa shape index (κ1) is 21.0. The van der Waals surface area contributed by atoms with Gasteiger partial charge in [-0.1, -0.05) is 30.3 Å². The molecule has 1 atom stereocenters. The van der Waals surface area contributed by atoms with Gasteiger partial charge in [0.2, 0.25) is 0 Å². The molecule has 0 aromatic heterocycles. The molecule has 2 aromatic carbocycles. The number of carbonyl (C=O) groups excluding carboxylic acids is 1. The van der Waals surface area contributed by atoms with Gasteiger partial charge in [-0.25, -0.2) is 4.79 Å². The van der Waals surface area contributed by atoms with Crippen molar-refractivity contribution in [1.29, 1.82) is 0 Å². The van der Waals surface area contributed by atoms with Gasteiger partial charge in [0, 0.05) is 30.7 Å². The molecule has 29 heavy (non-hydrogen) atoms. The predicted molar refractivity (Wildman–Crippen MR) is 113 cm³/mol. The Hall–Kier alpha value is -2.73. The fourth-order valence-corrected chi connectivity index (χ4v) is 3.87. The molecule has 1 aliphatic rings. The number of methoxy groups -OCH3 is 2. The monoisotopic (exact) mass is 398 g/mol. The van der Waals surface area contributed by atoms with E-state index < -0.39 is 0 Å². The van der Waals surface area contributed by atoms with E-state index in [1.54, 1.807) is 14.2 Å². The molecular formula is C23H30N2O4. The van der Waals surface area contributed by atoms with Crippen molar-refractivity contribution in [3.63, 3.8) is 0 Å². The minimum atomic E-state index is -0.234. The number of benzene rings is 2. The molecule has 1 fully saturated rings. The summed E-state index contributed by atoms with van der Waals surface area (Å²) in [5.74, 6) is 1.43. The Balaban J connectivity index is 1.67. The SMILES string of the molecule is COc1ccc(OC)c(C(C)NC(=O)NCC2(c3ccccc3)CCOCC2)c1. The maximum atomic E-state index is 12.7. The van der Waals surface area contributed by atoms with Crippen molar-refractivity contribution in [3.05, 3.63) is 59.7 Å². The lowest BCUT2D eigenvalue weighted by Crippen LogP contribution is -2.47. The van der Waals surface area contributed by atoms with Crippen LogP contribution in [-0.4, -0.2) is 40.0 Å². The summed E-state index contributed by atoms with van der Waals surface area (Å²) < 4.78 is 16.3. The summed E-state index contributed by atoms with van der Waals surface area (Å²) in [6, 6.07) is 15.5. The third-order valence-electron chi connectivity index (χ3n) is 5.67. The fraction of sp³-hybridized carbons (Fsp3) is 0.435. The second-order valence-electron chi connectivity index (χ2n) is 7.42. The Kier molecular flexibility index (Phi) is 6.99. The number of nitrogens with one attached hydrogen (secondary N) is 2. The number of carbonyl (C=O) groups is 1. The van der Waals surface area contributed by atoms with Crippen LogP contribution in [0.25, 0.3) is 0 Å². The standard InChI is InChI=1S/C23H30N2O4/c1-17(20-15-19(27-2)9-10-21(20)28-3)25-22(26)24-16-23(11-13-29-14-12-23)18-7-5-4-6-8-18/h4-10,15,17H,11-14,16H2,1-3H3,(H2,24,25,26). The molecule has 6 nitrogen and oxygen atoms in total. The van der Waals surface area contributed by atoms with Crippen molar-refractivity contribution in [2.75, 3.05) is 34.0 Å². The molecule has 0 aliphatic carbocycles. The smallest absolute Gasteiger partial charge is 0.315 e. The van der Waals surface area contributed by atoms with Crippen LogP contribution in [0.4, 0.5) is 4.79 Å². The van der Waals surface area contributed by atoms with Gasteiger partial charge in [-0.3, -0.25) is 0 Å². The Morgan fingerprint density at radius 2 is 1.83 bits per heavy atom. The van der Waals surface area contributed by atoms with Crippen LogP contribution < -0.4 is 20.1 Å². The molecule has 1 heterocycles. The summed E-state index contributed by atoms with van der Waals surface area (Å²) in [6.07, 6.45) is 1.77. The molecule has 1 unspecified atom stereocenters. The Morgan fingerprint density at radius 3 is 2.48 bits per heavy atom. The number of hydrogen-bond donors (Lipinski definition) is 2. The van der Waals surface area contributed by atoms with E-state index in [1.165, 1.54) is 5.56 Å². The van der Waals surface area contributed by atoms with Gasteiger partial charge in [-0.05, 0) is 43.5 Å². The lowest BCUT2D eigenvalue weighted by Gasteiger charge is -2.38. The average molecular weight is 399 g/mol. The lowest BCUT2D eigenvalue weighted by molar-refractivity contribution is 0.0506. The van der Waals surface area contributed by atoms with Gasteiger partial charge in [-0.2, -0.15) is 0 Å². The zero-order valence-electron chi connectivity index (χ0n) is 17.4. The van der Waals surface area contributed by atoms with Crippen LogP contribution in [0.2, 0.25) is 0 Å². The van der Waals surface area contributed by atoms with E-state index in [9.17, 15) is 4.79 Å². The van der Waals surface area contributed by atoms with E-state index in [1.807, 2.05) is 43.3 Å². The summed E-state index contributed by atoms with van der Waals surface area (Å²) in [5.41, 5.74) is 2.00. The normalized spacial score (nSPS) is 16.5. The fourth-order valence-electron chi connectivity index (χ4n) is 3.87. The second kappa shape index (κ2) is 9.65. The second-order valence-corrected chi connectivity index (χ2v) is 7.42. The first-order valence-corrected chi connectivity index (χ1v) is 9.97. The molecule has 2 amide bonds. The van der Waals surface area contributed by atoms with Gasteiger partial charge in [0.25, 0.3) is 0 Å². The number of amides is 2. The van der Waals surface area contributed by atoms with E-state index in [0.29, 0.717) is 25.5 Å². The minimum absolute atomic E-state index is 0.103. The lowest BCUT2D eigenvalue weighted by atomic mass is 9.74. The number of hydrogen-bond acceptors (Lipinski definition) is 4. The molecule has 0 radical (unpaired) electrons. The summed E-state index contributed by atoms with van der Waals surface area (Å²) in [6.45, 7) is 3.90. The van der Waals surface area contributed by atoms with E-state index in [2.05, 4.69) is 22.8 Å². The van der Waals surface area contributed by atoms with Gasteiger partial charge >= 0.3 is 6.03 Å². The summed E-state index contributed by atoms with van der Waals surface area (Å²) >= 11 is 0. The Bertz CT molecular complexity index is 804. The number of urea groups is 1. The molecule has 2 N–H and O–H groups in total. The van der Waals surface area contributed by atoms with Gasteiger partial charge in [0.1, 0.15) is 11.5 Å². The van der Waals surface area contributed by atoms with Crippen LogP contribution in [0.15, 0.2) is 48.5 Å². The highest BCUT2D eigenvalue weighted by Gasteiger charge is 2.34. The summed E-state index contributed by atoms with van der Waals surface area (Å²) in [5, 5.41) is 6.09. The number of ether oxygens (including phenoxy) is 3. The Labute approximate surface area is 172 Å². The topological polar surface area (TPSA) is 68.8 Å². The molecular weight excluding hydrogens is 368 g/mol. The van der Waals surface area contributed by atoms with Crippen molar-refractivity contribution in [1.82, 2.24) is 10.6 Å². The van der Waals surface area contributed by atoms with Gasteiger partial charge in [0.15, 0.2) is 0 Å². The maximum absolute atomic E-state index is 12.7. The quantitative estimate of drug-likeness (QED) is 0.744. The van der Waals surface area contributed by atoms with Crippen LogP contribution in [-0.2, 0) is 10.2 Å². The van der Waals surface area contributed by atoms with Crippen molar-refractivity contribution in [2.45, 2.75) is 31.2 Å². The van der Waals surface area contributed by atoms with Crippen LogP contribution in [0.1, 0.15) is 36.9 Å². The molecule has 1 saturated heterocycles. The molecule has 3 rings (SSSR count). The van der Waals surface area contributed by atoms with E-state index >= 15 is 0 Å². The molecule has 0 saturated carbocycles. The van der Waals surface area contributed by atoms with Gasteiger partial charge in [0.05, 0.1) is 20.3 Å². The zero-order chi connectivity index (χ0) is 20.7. The predicted octanol–water partition coefficient (Wildman–Crippen LogP) is 3.81. The van der Waals surface area contributed by atoms with Crippen molar-refractivity contribution in [2.24, 2.45) is 0 Å². The maximum Gasteiger partial charge on any atom is 0.315 e. The summed E-state index contributed by atoms with van der Waals surface area (Å²) in [7, 11) is 3.24. The van der Waals surface area contributed by atoms with E-state index in [4.69, 9.17) is 14.2 Å². The first-order chi connectivity index (χ1) is 14.1. The van der Waals surface area contributed by atoms with Crippen molar-refractivity contribution < 1.29 is 19.0 Å². The van der Waals surface area contributed by atoms with Gasteiger partial charge < -0.3 is 24.8 Å². The van der Waals surface area contributed by atoms with Gasteiger partial charge in [-0.15, -0.1) is 0 Å². The minimum Gasteiger partial charge on any atom is -0.497 e. The van der Waals surface area contributed by atoms with Crippen molar-refractivity contribution >= 4 is 6.03 Å².